The largest absolute Gasteiger partial charge is 0.323 e. The molecule has 3 heteroatoms. The van der Waals surface area contributed by atoms with Gasteiger partial charge in [-0.2, -0.15) is 0 Å². The molecule has 1 saturated carbocycles. The Morgan fingerprint density at radius 1 is 1.33 bits per heavy atom. The molecule has 0 radical (unpaired) electrons. The van der Waals surface area contributed by atoms with Crippen molar-refractivity contribution in [3.05, 3.63) is 0 Å². The van der Waals surface area contributed by atoms with Crippen LogP contribution < -0.4 is 5.32 Å². The number of hydrogen-bond acceptors (Lipinski definition) is 2. The molecule has 2 aliphatic rings. The molecule has 1 aliphatic carbocycles. The van der Waals surface area contributed by atoms with E-state index in [1.807, 2.05) is 0 Å². The third-order valence-corrected chi connectivity index (χ3v) is 4.71. The molecule has 4 atom stereocenters. The van der Waals surface area contributed by atoms with Crippen molar-refractivity contribution in [3.63, 3.8) is 0 Å². The summed E-state index contributed by atoms with van der Waals surface area (Å²) in [6.45, 7) is 8.76. The maximum Gasteiger partial charge on any atom is 0.241 e. The molecule has 1 heterocycles. The van der Waals surface area contributed by atoms with Gasteiger partial charge >= 0.3 is 0 Å². The Labute approximate surface area is 111 Å². The van der Waals surface area contributed by atoms with Gasteiger partial charge in [0.05, 0.1) is 12.2 Å². The number of hydrogen-bond donors (Lipinski definition) is 1. The van der Waals surface area contributed by atoms with Gasteiger partial charge in [0.25, 0.3) is 0 Å². The topological polar surface area (TPSA) is 32.3 Å². The molecule has 0 bridgehead atoms. The summed E-state index contributed by atoms with van der Waals surface area (Å²) in [6, 6.07) is 0.497. The predicted molar refractivity (Wildman–Crippen MR) is 74.1 cm³/mol. The average molecular weight is 252 g/mol. The van der Waals surface area contributed by atoms with Gasteiger partial charge in [-0.25, -0.2) is 0 Å². The molecule has 1 N–H and O–H groups in total. The Balaban J connectivity index is 2.16. The lowest BCUT2D eigenvalue weighted by Gasteiger charge is -2.39. The molecule has 0 spiro atoms. The number of carbonyl (C=O) groups is 1. The highest BCUT2D eigenvalue weighted by Crippen LogP contribution is 2.32. The van der Waals surface area contributed by atoms with Crippen molar-refractivity contribution in [2.24, 2.45) is 11.8 Å². The number of nitrogens with one attached hydrogen (secondary N) is 1. The Bertz CT molecular complexity index is 303. The quantitative estimate of drug-likeness (QED) is 0.837. The van der Waals surface area contributed by atoms with Crippen LogP contribution in [0, 0.1) is 11.8 Å². The molecule has 18 heavy (non-hydrogen) atoms. The van der Waals surface area contributed by atoms with E-state index in [1.165, 1.54) is 25.7 Å². The molecule has 0 aromatic rings. The van der Waals surface area contributed by atoms with Crippen molar-refractivity contribution in [2.45, 2.75) is 78.0 Å². The van der Waals surface area contributed by atoms with E-state index in [1.54, 1.807) is 0 Å². The lowest BCUT2D eigenvalue weighted by Crippen LogP contribution is -2.48. The highest BCUT2D eigenvalue weighted by molar-refractivity contribution is 5.85. The van der Waals surface area contributed by atoms with Gasteiger partial charge in [-0.15, -0.1) is 0 Å². The molecular weight excluding hydrogens is 224 g/mol. The van der Waals surface area contributed by atoms with Gasteiger partial charge in [0.2, 0.25) is 5.91 Å². The fourth-order valence-corrected chi connectivity index (χ4v) is 3.57. The Hall–Kier alpha value is -0.570. The summed E-state index contributed by atoms with van der Waals surface area (Å²) in [5.74, 6) is 1.38. The summed E-state index contributed by atoms with van der Waals surface area (Å²) in [5, 5.41) is 3.53. The van der Waals surface area contributed by atoms with Crippen LogP contribution in [0.5, 0.6) is 0 Å². The second-order valence-corrected chi connectivity index (χ2v) is 6.39. The summed E-state index contributed by atoms with van der Waals surface area (Å²) >= 11 is 0. The first-order valence-electron chi connectivity index (χ1n) is 7.64. The smallest absolute Gasteiger partial charge is 0.241 e. The number of nitrogens with zero attached hydrogens (tertiary/aromatic N) is 1. The van der Waals surface area contributed by atoms with Crippen LogP contribution in [-0.4, -0.2) is 29.1 Å². The van der Waals surface area contributed by atoms with Crippen molar-refractivity contribution in [2.75, 3.05) is 0 Å². The van der Waals surface area contributed by atoms with Crippen LogP contribution in [0.4, 0.5) is 0 Å². The molecule has 0 aromatic carbocycles. The van der Waals surface area contributed by atoms with Crippen LogP contribution in [0.15, 0.2) is 0 Å². The minimum atomic E-state index is 0.0316. The first kappa shape index (κ1) is 13.9. The zero-order valence-corrected chi connectivity index (χ0v) is 12.3. The SMILES string of the molecule is CCC1NC(C(C)C)C(=O)N1C1CCCCC1C. The van der Waals surface area contributed by atoms with Crippen LogP contribution in [0.3, 0.4) is 0 Å². The first-order chi connectivity index (χ1) is 8.56. The molecular formula is C15H28N2O. The number of amides is 1. The van der Waals surface area contributed by atoms with Gasteiger partial charge in [-0.05, 0) is 31.1 Å². The summed E-state index contributed by atoms with van der Waals surface area (Å²) < 4.78 is 0. The predicted octanol–water partition coefficient (Wildman–Crippen LogP) is 2.76. The molecule has 2 fully saturated rings. The van der Waals surface area contributed by atoms with Gasteiger partial charge in [-0.1, -0.05) is 40.5 Å². The summed E-state index contributed by atoms with van der Waals surface area (Å²) in [6.07, 6.45) is 6.35. The standard InChI is InChI=1S/C15H28N2O/c1-5-13-16-14(10(2)3)15(18)17(13)12-9-7-6-8-11(12)4/h10-14,16H,5-9H2,1-4H3. The molecule has 1 aliphatic heterocycles. The summed E-state index contributed by atoms with van der Waals surface area (Å²) in [4.78, 5) is 14.8. The molecule has 1 saturated heterocycles. The first-order valence-corrected chi connectivity index (χ1v) is 7.64. The molecule has 2 rings (SSSR count). The van der Waals surface area contributed by atoms with Crippen LogP contribution in [0.25, 0.3) is 0 Å². The van der Waals surface area contributed by atoms with E-state index in [4.69, 9.17) is 0 Å². The van der Waals surface area contributed by atoms with Crippen molar-refractivity contribution < 1.29 is 4.79 Å². The van der Waals surface area contributed by atoms with Crippen LogP contribution in [0.1, 0.15) is 59.8 Å². The Morgan fingerprint density at radius 2 is 2.00 bits per heavy atom. The van der Waals surface area contributed by atoms with Gasteiger partial charge in [0, 0.05) is 6.04 Å². The maximum absolute atomic E-state index is 12.6. The lowest BCUT2D eigenvalue weighted by molar-refractivity contribution is -0.134. The van der Waals surface area contributed by atoms with Gasteiger partial charge in [0.1, 0.15) is 0 Å². The van der Waals surface area contributed by atoms with E-state index in [-0.39, 0.29) is 12.2 Å². The monoisotopic (exact) mass is 252 g/mol. The van der Waals surface area contributed by atoms with Crippen LogP contribution in [0.2, 0.25) is 0 Å². The minimum Gasteiger partial charge on any atom is -0.323 e. The zero-order chi connectivity index (χ0) is 13.3. The second kappa shape index (κ2) is 5.60. The molecule has 3 nitrogen and oxygen atoms in total. The highest BCUT2D eigenvalue weighted by atomic mass is 16.2. The zero-order valence-electron chi connectivity index (χ0n) is 12.3. The van der Waals surface area contributed by atoms with Crippen molar-refractivity contribution in [1.82, 2.24) is 10.2 Å². The molecule has 104 valence electrons. The van der Waals surface area contributed by atoms with E-state index >= 15 is 0 Å². The Kier molecular flexibility index (Phi) is 4.31. The highest BCUT2D eigenvalue weighted by Gasteiger charge is 2.44. The lowest BCUT2D eigenvalue weighted by atomic mass is 9.84. The van der Waals surface area contributed by atoms with Gasteiger partial charge in [-0.3, -0.25) is 10.1 Å². The van der Waals surface area contributed by atoms with Gasteiger partial charge < -0.3 is 4.90 Å². The third-order valence-electron chi connectivity index (χ3n) is 4.71. The van der Waals surface area contributed by atoms with Crippen molar-refractivity contribution >= 4 is 5.91 Å². The van der Waals surface area contributed by atoms with Crippen LogP contribution >= 0.6 is 0 Å². The fourth-order valence-electron chi connectivity index (χ4n) is 3.57. The Morgan fingerprint density at radius 3 is 2.56 bits per heavy atom. The number of rotatable bonds is 3. The molecule has 1 amide bonds. The summed E-state index contributed by atoms with van der Waals surface area (Å²) in [7, 11) is 0. The minimum absolute atomic E-state index is 0.0316. The summed E-state index contributed by atoms with van der Waals surface area (Å²) in [5.41, 5.74) is 0. The average Bonchev–Trinajstić information content (AvgIpc) is 2.67. The van der Waals surface area contributed by atoms with Crippen molar-refractivity contribution in [3.8, 4) is 0 Å². The van der Waals surface area contributed by atoms with E-state index in [2.05, 4.69) is 37.9 Å². The maximum atomic E-state index is 12.6. The molecule has 0 aromatic heterocycles. The van der Waals surface area contributed by atoms with E-state index in [0.29, 0.717) is 23.8 Å². The molecule has 4 unspecified atom stereocenters. The van der Waals surface area contributed by atoms with Gasteiger partial charge in [0.15, 0.2) is 0 Å². The second-order valence-electron chi connectivity index (χ2n) is 6.39. The van der Waals surface area contributed by atoms with Crippen LogP contribution in [-0.2, 0) is 4.79 Å². The normalized spacial score (nSPS) is 37.6. The number of carbonyl (C=O) groups excluding carboxylic acids is 1. The van der Waals surface area contributed by atoms with E-state index in [0.717, 1.165) is 6.42 Å². The van der Waals surface area contributed by atoms with E-state index < -0.39 is 0 Å². The third kappa shape index (κ3) is 2.42. The van der Waals surface area contributed by atoms with E-state index in [9.17, 15) is 4.79 Å². The van der Waals surface area contributed by atoms with Crippen molar-refractivity contribution in [1.29, 1.82) is 0 Å². The fraction of sp³-hybridized carbons (Fsp3) is 0.933.